The first kappa shape index (κ1) is 20.0. The Balaban J connectivity index is 1.42. The molecule has 0 amide bonds. The topological polar surface area (TPSA) is 96.3 Å². The first-order valence-corrected chi connectivity index (χ1v) is 10.0. The highest BCUT2D eigenvalue weighted by molar-refractivity contribution is 5.88. The van der Waals surface area contributed by atoms with Crippen LogP contribution < -0.4 is 10.2 Å². The van der Waals surface area contributed by atoms with Gasteiger partial charge >= 0.3 is 0 Å². The Bertz CT molecular complexity index is 1110. The van der Waals surface area contributed by atoms with Gasteiger partial charge in [0.25, 0.3) is 5.92 Å². The molecule has 0 aliphatic carbocycles. The SMILES string of the molecule is CO[C@H]1[C@H]2CC(F)(F)[C@@H](C[C@@H]1N(C)c1cnc(-c3cc4ccncc4cc3O)nn1)N2. The van der Waals surface area contributed by atoms with Crippen LogP contribution in [0.4, 0.5) is 14.6 Å². The number of phenols is 1. The van der Waals surface area contributed by atoms with Crippen LogP contribution in [0.1, 0.15) is 12.8 Å². The molecule has 2 aliphatic heterocycles. The molecule has 0 saturated carbocycles. The molecule has 2 fully saturated rings. The summed E-state index contributed by atoms with van der Waals surface area (Å²) in [4.78, 5) is 10.2. The lowest BCUT2D eigenvalue weighted by Crippen LogP contribution is -2.59. The van der Waals surface area contributed by atoms with Crippen LogP contribution in [-0.2, 0) is 4.74 Å². The number of benzene rings is 1. The molecule has 2 bridgehead atoms. The van der Waals surface area contributed by atoms with E-state index < -0.39 is 24.1 Å². The van der Waals surface area contributed by atoms with Gasteiger partial charge in [-0.05, 0) is 30.0 Å². The molecule has 3 aromatic rings. The Morgan fingerprint density at radius 3 is 2.81 bits per heavy atom. The molecular weight excluding hydrogens is 406 g/mol. The number of anilines is 1. The Morgan fingerprint density at radius 1 is 1.23 bits per heavy atom. The number of phenolic OH excluding ortho intramolecular Hbond substituents is 1. The lowest BCUT2D eigenvalue weighted by atomic mass is 9.95. The summed E-state index contributed by atoms with van der Waals surface area (Å²) in [5.74, 6) is -2.01. The zero-order chi connectivity index (χ0) is 21.8. The fourth-order valence-corrected chi connectivity index (χ4v) is 4.70. The van der Waals surface area contributed by atoms with E-state index in [0.717, 1.165) is 10.8 Å². The Kier molecular flexibility index (Phi) is 4.71. The smallest absolute Gasteiger partial charge is 0.264 e. The van der Waals surface area contributed by atoms with Crippen molar-refractivity contribution in [1.82, 2.24) is 25.5 Å². The van der Waals surface area contributed by atoms with Crippen molar-refractivity contribution >= 4 is 16.6 Å². The maximum Gasteiger partial charge on any atom is 0.264 e. The van der Waals surface area contributed by atoms with Gasteiger partial charge in [-0.25, -0.2) is 13.8 Å². The van der Waals surface area contributed by atoms with Crippen LogP contribution in [0.15, 0.2) is 36.8 Å². The van der Waals surface area contributed by atoms with Crippen molar-refractivity contribution in [2.75, 3.05) is 19.1 Å². The van der Waals surface area contributed by atoms with Gasteiger partial charge in [-0.2, -0.15) is 0 Å². The molecule has 2 N–H and O–H groups in total. The second-order valence-electron chi connectivity index (χ2n) is 8.14. The fourth-order valence-electron chi connectivity index (χ4n) is 4.70. The van der Waals surface area contributed by atoms with E-state index in [1.165, 1.54) is 13.3 Å². The number of likely N-dealkylation sites (N-methyl/N-ethyl adjacent to an activating group) is 1. The number of aromatic nitrogens is 4. The normalized spacial score (nSPS) is 26.8. The Morgan fingerprint density at radius 2 is 2.06 bits per heavy atom. The quantitative estimate of drug-likeness (QED) is 0.654. The molecule has 8 nitrogen and oxygen atoms in total. The van der Waals surface area contributed by atoms with E-state index in [2.05, 4.69) is 25.5 Å². The Labute approximate surface area is 177 Å². The molecule has 0 radical (unpaired) electrons. The molecule has 0 unspecified atom stereocenters. The molecule has 162 valence electrons. The highest BCUT2D eigenvalue weighted by Gasteiger charge is 2.57. The van der Waals surface area contributed by atoms with Crippen LogP contribution in [0.2, 0.25) is 0 Å². The molecule has 0 spiro atoms. The lowest BCUT2D eigenvalue weighted by molar-refractivity contribution is -0.0139. The number of hydrogen-bond donors (Lipinski definition) is 2. The van der Waals surface area contributed by atoms with Gasteiger partial charge in [0.1, 0.15) is 5.75 Å². The summed E-state index contributed by atoms with van der Waals surface area (Å²) in [7, 11) is 3.32. The molecule has 31 heavy (non-hydrogen) atoms. The monoisotopic (exact) mass is 428 g/mol. The number of nitrogens with one attached hydrogen (secondary N) is 1. The van der Waals surface area contributed by atoms with E-state index in [-0.39, 0.29) is 30.5 Å². The molecule has 2 saturated heterocycles. The van der Waals surface area contributed by atoms with Gasteiger partial charge in [0, 0.05) is 44.4 Å². The van der Waals surface area contributed by atoms with E-state index in [1.807, 2.05) is 6.07 Å². The van der Waals surface area contributed by atoms with Gasteiger partial charge < -0.3 is 20.1 Å². The number of ether oxygens (including phenoxy) is 1. The third-order valence-electron chi connectivity index (χ3n) is 6.35. The average molecular weight is 428 g/mol. The van der Waals surface area contributed by atoms with E-state index in [4.69, 9.17) is 4.74 Å². The molecule has 5 rings (SSSR count). The van der Waals surface area contributed by atoms with Crippen LogP contribution in [0.3, 0.4) is 0 Å². The van der Waals surface area contributed by atoms with Crippen molar-refractivity contribution < 1.29 is 18.6 Å². The van der Waals surface area contributed by atoms with Crippen molar-refractivity contribution in [3.8, 4) is 17.1 Å². The van der Waals surface area contributed by atoms with Crippen molar-refractivity contribution in [3.05, 3.63) is 36.8 Å². The first-order valence-electron chi connectivity index (χ1n) is 10.0. The summed E-state index contributed by atoms with van der Waals surface area (Å²) in [6.07, 6.45) is 4.45. The van der Waals surface area contributed by atoms with Crippen molar-refractivity contribution in [2.24, 2.45) is 0 Å². The molecule has 1 aromatic carbocycles. The number of methoxy groups -OCH3 is 1. The van der Waals surface area contributed by atoms with Gasteiger partial charge in [-0.3, -0.25) is 4.98 Å². The summed E-state index contributed by atoms with van der Waals surface area (Å²) in [6.45, 7) is 0. The van der Waals surface area contributed by atoms with Crippen LogP contribution in [0.5, 0.6) is 5.75 Å². The number of rotatable bonds is 4. The summed E-state index contributed by atoms with van der Waals surface area (Å²) >= 11 is 0. The predicted molar refractivity (Wildman–Crippen MR) is 110 cm³/mol. The van der Waals surface area contributed by atoms with E-state index in [0.29, 0.717) is 11.4 Å². The van der Waals surface area contributed by atoms with E-state index >= 15 is 0 Å². The first-order chi connectivity index (χ1) is 14.9. The zero-order valence-corrected chi connectivity index (χ0v) is 17.0. The largest absolute Gasteiger partial charge is 0.507 e. The number of pyridine rings is 1. The minimum Gasteiger partial charge on any atom is -0.507 e. The Hall–Kier alpha value is -2.98. The van der Waals surface area contributed by atoms with E-state index in [9.17, 15) is 13.9 Å². The number of hydrogen-bond acceptors (Lipinski definition) is 8. The molecule has 2 aromatic heterocycles. The average Bonchev–Trinajstić information content (AvgIpc) is 3.01. The lowest BCUT2D eigenvalue weighted by Gasteiger charge is -2.41. The summed E-state index contributed by atoms with van der Waals surface area (Å²) < 4.78 is 34.0. The highest BCUT2D eigenvalue weighted by atomic mass is 19.3. The van der Waals surface area contributed by atoms with Crippen LogP contribution in [-0.4, -0.2) is 69.6 Å². The van der Waals surface area contributed by atoms with Crippen molar-refractivity contribution in [3.63, 3.8) is 0 Å². The van der Waals surface area contributed by atoms with E-state index in [1.54, 1.807) is 36.5 Å². The standard InChI is InChI=1S/C21H22F2N6O2/c1-29(15-7-17-21(22,23)8-14(26-17)19(15)31-2)18-10-25-20(28-27-18)13-5-11-3-4-24-9-12(11)6-16(13)30/h3-6,9-10,14-15,17,19,26,30H,7-8H2,1-2H3/t14-,15+,17-,19+/m1/s1. The molecule has 10 heteroatoms. The number of nitrogens with zero attached hydrogens (tertiary/aromatic N) is 5. The molecular formula is C21H22F2N6O2. The molecule has 4 heterocycles. The van der Waals surface area contributed by atoms with Crippen LogP contribution in [0.25, 0.3) is 22.2 Å². The van der Waals surface area contributed by atoms with Gasteiger partial charge in [0.15, 0.2) is 11.6 Å². The fraction of sp³-hybridized carbons (Fsp3) is 0.429. The van der Waals surface area contributed by atoms with Gasteiger partial charge in [-0.15, -0.1) is 10.2 Å². The van der Waals surface area contributed by atoms with Crippen molar-refractivity contribution in [2.45, 2.75) is 43.0 Å². The number of aromatic hydroxyl groups is 1. The number of piperidine rings is 1. The summed E-state index contributed by atoms with van der Waals surface area (Å²) in [5, 5.41) is 23.5. The minimum atomic E-state index is -2.76. The maximum absolute atomic E-state index is 14.2. The van der Waals surface area contributed by atoms with Gasteiger partial charge in [0.05, 0.1) is 29.9 Å². The number of fused-ring (bicyclic) bond motifs is 3. The second kappa shape index (κ2) is 7.31. The van der Waals surface area contributed by atoms with Gasteiger partial charge in [0.2, 0.25) is 0 Å². The predicted octanol–water partition coefficient (Wildman–Crippen LogP) is 2.38. The highest BCUT2D eigenvalue weighted by Crippen LogP contribution is 2.41. The second-order valence-corrected chi connectivity index (χ2v) is 8.14. The summed E-state index contributed by atoms with van der Waals surface area (Å²) in [6, 6.07) is 3.62. The third-order valence-corrected chi connectivity index (χ3v) is 6.35. The zero-order valence-electron chi connectivity index (χ0n) is 17.0. The molecule has 2 aliphatic rings. The maximum atomic E-state index is 14.2. The number of halogens is 2. The van der Waals surface area contributed by atoms with Gasteiger partial charge in [-0.1, -0.05) is 0 Å². The summed E-state index contributed by atoms with van der Waals surface area (Å²) in [5.41, 5.74) is 0.453. The van der Waals surface area contributed by atoms with Crippen LogP contribution >= 0.6 is 0 Å². The minimum absolute atomic E-state index is 0.0278. The third kappa shape index (κ3) is 3.35. The van der Waals surface area contributed by atoms with Crippen molar-refractivity contribution in [1.29, 1.82) is 0 Å². The molecule has 4 atom stereocenters. The van der Waals surface area contributed by atoms with Crippen LogP contribution in [0, 0.1) is 0 Å². The number of alkyl halides is 2.